The van der Waals surface area contributed by atoms with Crippen molar-refractivity contribution in [2.45, 2.75) is 11.8 Å². The van der Waals surface area contributed by atoms with E-state index < -0.39 is 0 Å². The number of alkyl halides is 1. The monoisotopic (exact) mass is 214 g/mol. The lowest BCUT2D eigenvalue weighted by molar-refractivity contribution is 0.196. The maximum Gasteiger partial charge on any atom is 0.0627 e. The number of ether oxygens (including phenoxy) is 1. The molecule has 1 atom stereocenters. The molecule has 0 amide bonds. The third kappa shape index (κ3) is 4.44. The first kappa shape index (κ1) is 11.3. The number of nitrogens with zero attached hydrogens (tertiary/aromatic N) is 1. The Morgan fingerprint density at radius 3 is 2.86 bits per heavy atom. The Balaban J connectivity index is 2.16. The van der Waals surface area contributed by atoms with Crippen molar-refractivity contribution in [2.24, 2.45) is 0 Å². The molecule has 0 aromatic carbocycles. The van der Waals surface area contributed by atoms with E-state index in [-0.39, 0.29) is 5.38 Å². The van der Waals surface area contributed by atoms with Gasteiger partial charge >= 0.3 is 0 Å². The van der Waals surface area contributed by atoms with Crippen LogP contribution in [0.1, 0.15) is 6.42 Å². The molecule has 0 aliphatic carbocycles. The first-order valence-corrected chi connectivity index (χ1v) is 5.03. The van der Waals surface area contributed by atoms with Crippen LogP contribution in [-0.4, -0.2) is 30.6 Å². The zero-order chi connectivity index (χ0) is 10.2. The molecular formula is C10H15ClN2O. The number of hydrogen-bond donors (Lipinski definition) is 1. The van der Waals surface area contributed by atoms with Crippen LogP contribution >= 0.6 is 11.6 Å². The molecule has 1 N–H and O–H groups in total. The van der Waals surface area contributed by atoms with Crippen molar-refractivity contribution in [3.63, 3.8) is 0 Å². The van der Waals surface area contributed by atoms with E-state index >= 15 is 0 Å². The quantitative estimate of drug-likeness (QED) is 0.737. The van der Waals surface area contributed by atoms with Crippen molar-refractivity contribution in [1.82, 2.24) is 4.98 Å². The second-order valence-corrected chi connectivity index (χ2v) is 3.62. The number of methoxy groups -OCH3 is 1. The fourth-order valence-electron chi connectivity index (χ4n) is 1.11. The number of aromatic nitrogens is 1. The lowest BCUT2D eigenvalue weighted by Gasteiger charge is -2.09. The van der Waals surface area contributed by atoms with Crippen molar-refractivity contribution >= 4 is 17.3 Å². The van der Waals surface area contributed by atoms with Crippen LogP contribution in [0.2, 0.25) is 0 Å². The van der Waals surface area contributed by atoms with Gasteiger partial charge in [-0.15, -0.1) is 11.6 Å². The summed E-state index contributed by atoms with van der Waals surface area (Å²) in [5.41, 5.74) is 1.07. The van der Waals surface area contributed by atoms with E-state index in [2.05, 4.69) is 10.3 Å². The minimum atomic E-state index is 0.0781. The molecule has 1 aromatic rings. The largest absolute Gasteiger partial charge is 0.385 e. The van der Waals surface area contributed by atoms with Crippen LogP contribution in [0.4, 0.5) is 5.69 Å². The number of rotatable bonds is 6. The molecule has 1 rings (SSSR count). The Labute approximate surface area is 89.4 Å². The maximum atomic E-state index is 5.97. The Hall–Kier alpha value is -0.800. The Bertz CT molecular complexity index is 243. The fourth-order valence-corrected chi connectivity index (χ4v) is 1.34. The van der Waals surface area contributed by atoms with Crippen LogP contribution in [0.25, 0.3) is 0 Å². The predicted octanol–water partition coefficient (Wildman–Crippen LogP) is 2.14. The molecule has 0 radical (unpaired) electrons. The van der Waals surface area contributed by atoms with Gasteiger partial charge in [0.05, 0.1) is 12.0 Å². The second-order valence-electron chi connectivity index (χ2n) is 3.00. The molecule has 0 saturated heterocycles. The van der Waals surface area contributed by atoms with Crippen LogP contribution < -0.4 is 5.32 Å². The van der Waals surface area contributed by atoms with Crippen LogP contribution in [0, 0.1) is 0 Å². The van der Waals surface area contributed by atoms with Gasteiger partial charge in [0.1, 0.15) is 0 Å². The number of pyridine rings is 1. The average Bonchev–Trinajstić information content (AvgIpc) is 2.20. The molecule has 14 heavy (non-hydrogen) atoms. The summed E-state index contributed by atoms with van der Waals surface area (Å²) in [5, 5.41) is 3.33. The predicted molar refractivity (Wildman–Crippen MR) is 58.9 cm³/mol. The lowest BCUT2D eigenvalue weighted by atomic mass is 10.3. The summed E-state index contributed by atoms with van der Waals surface area (Å²) in [6.07, 6.45) is 4.41. The van der Waals surface area contributed by atoms with Crippen LogP contribution in [0.5, 0.6) is 0 Å². The van der Waals surface area contributed by atoms with Crippen molar-refractivity contribution in [3.05, 3.63) is 24.5 Å². The van der Waals surface area contributed by atoms with Crippen molar-refractivity contribution in [2.75, 3.05) is 25.6 Å². The average molecular weight is 215 g/mol. The van der Waals surface area contributed by atoms with Gasteiger partial charge in [0.25, 0.3) is 0 Å². The molecule has 0 aliphatic heterocycles. The smallest absolute Gasteiger partial charge is 0.0627 e. The van der Waals surface area contributed by atoms with E-state index in [1.165, 1.54) is 0 Å². The first-order valence-electron chi connectivity index (χ1n) is 4.60. The van der Waals surface area contributed by atoms with Crippen LogP contribution in [-0.2, 0) is 4.74 Å². The number of hydrogen-bond acceptors (Lipinski definition) is 3. The van der Waals surface area contributed by atoms with Gasteiger partial charge in [-0.2, -0.15) is 0 Å². The van der Waals surface area contributed by atoms with Crippen LogP contribution in [0.3, 0.4) is 0 Å². The highest BCUT2D eigenvalue weighted by Gasteiger charge is 2.02. The van der Waals surface area contributed by atoms with E-state index in [1.54, 1.807) is 19.5 Å². The number of halogens is 1. The van der Waals surface area contributed by atoms with Gasteiger partial charge in [0.15, 0.2) is 0 Å². The van der Waals surface area contributed by atoms with Crippen molar-refractivity contribution < 1.29 is 4.74 Å². The third-order valence-electron chi connectivity index (χ3n) is 1.81. The fraction of sp³-hybridized carbons (Fsp3) is 0.500. The molecule has 78 valence electrons. The minimum Gasteiger partial charge on any atom is -0.385 e. The lowest BCUT2D eigenvalue weighted by Crippen LogP contribution is -2.13. The molecule has 1 heterocycles. The highest BCUT2D eigenvalue weighted by Crippen LogP contribution is 2.06. The summed E-state index contributed by atoms with van der Waals surface area (Å²) >= 11 is 5.97. The van der Waals surface area contributed by atoms with Gasteiger partial charge < -0.3 is 10.1 Å². The summed E-state index contributed by atoms with van der Waals surface area (Å²) in [4.78, 5) is 3.93. The molecule has 0 bridgehead atoms. The van der Waals surface area contributed by atoms with Crippen molar-refractivity contribution in [3.8, 4) is 0 Å². The molecule has 4 heteroatoms. The minimum absolute atomic E-state index is 0.0781. The van der Waals surface area contributed by atoms with E-state index in [0.717, 1.165) is 18.7 Å². The standard InChI is InChI=1S/C10H15ClN2O/c1-14-8-9(11)2-7-13-10-3-5-12-6-4-10/h3-6,9H,2,7-8H2,1H3,(H,12,13). The zero-order valence-corrected chi connectivity index (χ0v) is 9.00. The summed E-state index contributed by atoms with van der Waals surface area (Å²) < 4.78 is 4.94. The van der Waals surface area contributed by atoms with Gasteiger partial charge in [-0.05, 0) is 18.6 Å². The second kappa shape index (κ2) is 6.62. The Kier molecular flexibility index (Phi) is 5.33. The SMILES string of the molecule is COCC(Cl)CCNc1ccncc1. The molecule has 1 aromatic heterocycles. The number of nitrogens with one attached hydrogen (secondary N) is 1. The summed E-state index contributed by atoms with van der Waals surface area (Å²) in [5.74, 6) is 0. The molecule has 3 nitrogen and oxygen atoms in total. The van der Waals surface area contributed by atoms with Gasteiger partial charge in [0, 0.05) is 31.7 Å². The van der Waals surface area contributed by atoms with E-state index in [1.807, 2.05) is 12.1 Å². The van der Waals surface area contributed by atoms with E-state index in [9.17, 15) is 0 Å². The first-order chi connectivity index (χ1) is 6.83. The molecule has 0 saturated carbocycles. The number of anilines is 1. The van der Waals surface area contributed by atoms with Crippen LogP contribution in [0.15, 0.2) is 24.5 Å². The molecule has 0 fully saturated rings. The zero-order valence-electron chi connectivity index (χ0n) is 8.24. The van der Waals surface area contributed by atoms with E-state index in [4.69, 9.17) is 16.3 Å². The highest BCUT2D eigenvalue weighted by molar-refractivity contribution is 6.20. The summed E-state index contributed by atoms with van der Waals surface area (Å²) in [7, 11) is 1.66. The molecule has 1 unspecified atom stereocenters. The highest BCUT2D eigenvalue weighted by atomic mass is 35.5. The third-order valence-corrected chi connectivity index (χ3v) is 2.16. The Morgan fingerprint density at radius 1 is 1.50 bits per heavy atom. The summed E-state index contributed by atoms with van der Waals surface area (Å²) in [6.45, 7) is 1.45. The van der Waals surface area contributed by atoms with Gasteiger partial charge in [-0.1, -0.05) is 0 Å². The van der Waals surface area contributed by atoms with Crippen molar-refractivity contribution in [1.29, 1.82) is 0 Å². The molecular weight excluding hydrogens is 200 g/mol. The molecule has 0 aliphatic rings. The topological polar surface area (TPSA) is 34.1 Å². The van der Waals surface area contributed by atoms with Gasteiger partial charge in [-0.25, -0.2) is 0 Å². The summed E-state index contributed by atoms with van der Waals surface area (Å²) in [6, 6.07) is 3.86. The maximum absolute atomic E-state index is 5.97. The van der Waals surface area contributed by atoms with Gasteiger partial charge in [0.2, 0.25) is 0 Å². The van der Waals surface area contributed by atoms with E-state index in [0.29, 0.717) is 6.61 Å². The van der Waals surface area contributed by atoms with Gasteiger partial charge in [-0.3, -0.25) is 4.98 Å². The molecule has 0 spiro atoms. The Morgan fingerprint density at radius 2 is 2.21 bits per heavy atom. The normalized spacial score (nSPS) is 12.4.